The molecule has 0 spiro atoms. The van der Waals surface area contributed by atoms with Crippen LogP contribution in [0.4, 0.5) is 0 Å². The first kappa shape index (κ1) is 14.3. The topological polar surface area (TPSA) is 24.5 Å². The van der Waals surface area contributed by atoms with Gasteiger partial charge in [0.25, 0.3) is 0 Å². The van der Waals surface area contributed by atoms with Gasteiger partial charge in [-0.25, -0.2) is 0 Å². The Labute approximate surface area is 122 Å². The lowest BCUT2D eigenvalue weighted by Crippen LogP contribution is -2.45. The summed E-state index contributed by atoms with van der Waals surface area (Å²) in [6.45, 7) is 4.58. The van der Waals surface area contributed by atoms with Gasteiger partial charge in [0.15, 0.2) is 0 Å². The zero-order valence-corrected chi connectivity index (χ0v) is 12.8. The smallest absolute Gasteiger partial charge is 0.0826 e. The van der Waals surface area contributed by atoms with Crippen LogP contribution in [-0.4, -0.2) is 44.3 Å². The number of ether oxygens (including phenoxy) is 1. The number of morpholine rings is 1. The lowest BCUT2D eigenvalue weighted by atomic mass is 10.2. The van der Waals surface area contributed by atoms with E-state index < -0.39 is 0 Å². The SMILES string of the molecule is CNCC1CN(Cc2ccc(Br)c(Cl)c2)CCO1. The van der Waals surface area contributed by atoms with E-state index in [-0.39, 0.29) is 6.10 Å². The maximum absolute atomic E-state index is 6.11. The van der Waals surface area contributed by atoms with Crippen LogP contribution in [0, 0.1) is 0 Å². The molecule has 0 radical (unpaired) electrons. The summed E-state index contributed by atoms with van der Waals surface area (Å²) in [5.41, 5.74) is 1.24. The quantitative estimate of drug-likeness (QED) is 0.916. The molecule has 1 heterocycles. The Kier molecular flexibility index (Phi) is 5.45. The number of halogens is 2. The van der Waals surface area contributed by atoms with Crippen molar-refractivity contribution in [2.24, 2.45) is 0 Å². The molecule has 1 fully saturated rings. The van der Waals surface area contributed by atoms with Crippen molar-refractivity contribution in [2.45, 2.75) is 12.6 Å². The number of rotatable bonds is 4. The molecule has 0 aromatic heterocycles. The largest absolute Gasteiger partial charge is 0.374 e. The van der Waals surface area contributed by atoms with Crippen LogP contribution < -0.4 is 5.32 Å². The molecule has 1 saturated heterocycles. The molecule has 0 bridgehead atoms. The monoisotopic (exact) mass is 332 g/mol. The molecule has 1 aliphatic rings. The number of hydrogen-bond acceptors (Lipinski definition) is 3. The third-order valence-corrected chi connectivity index (χ3v) is 4.28. The number of likely N-dealkylation sites (N-methyl/N-ethyl adjacent to an activating group) is 1. The highest BCUT2D eigenvalue weighted by molar-refractivity contribution is 9.10. The Morgan fingerprint density at radius 1 is 1.56 bits per heavy atom. The molecule has 0 amide bonds. The summed E-state index contributed by atoms with van der Waals surface area (Å²) in [6, 6.07) is 6.13. The summed E-state index contributed by atoms with van der Waals surface area (Å²) in [7, 11) is 1.96. The van der Waals surface area contributed by atoms with E-state index in [2.05, 4.69) is 32.2 Å². The zero-order valence-electron chi connectivity index (χ0n) is 10.5. The lowest BCUT2D eigenvalue weighted by Gasteiger charge is -2.32. The van der Waals surface area contributed by atoms with Crippen molar-refractivity contribution in [3.63, 3.8) is 0 Å². The van der Waals surface area contributed by atoms with Crippen LogP contribution in [-0.2, 0) is 11.3 Å². The van der Waals surface area contributed by atoms with Crippen LogP contribution >= 0.6 is 27.5 Å². The van der Waals surface area contributed by atoms with Crippen LogP contribution in [0.2, 0.25) is 5.02 Å². The normalized spacial score (nSPS) is 21.2. The molecular weight excluding hydrogens is 316 g/mol. The Morgan fingerprint density at radius 2 is 2.39 bits per heavy atom. The average Bonchev–Trinajstić information content (AvgIpc) is 2.35. The second-order valence-corrected chi connectivity index (χ2v) is 5.80. The van der Waals surface area contributed by atoms with E-state index in [0.717, 1.165) is 42.3 Å². The van der Waals surface area contributed by atoms with Crippen LogP contribution in [0.3, 0.4) is 0 Å². The highest BCUT2D eigenvalue weighted by Crippen LogP contribution is 2.24. The number of nitrogens with one attached hydrogen (secondary N) is 1. The molecule has 1 aromatic rings. The summed E-state index contributed by atoms with van der Waals surface area (Å²) >= 11 is 9.52. The minimum atomic E-state index is 0.287. The molecule has 1 aromatic carbocycles. The van der Waals surface area contributed by atoms with Gasteiger partial charge in [-0.05, 0) is 40.7 Å². The molecule has 0 saturated carbocycles. The maximum Gasteiger partial charge on any atom is 0.0826 e. The first-order valence-electron chi connectivity index (χ1n) is 6.11. The van der Waals surface area contributed by atoms with Gasteiger partial charge in [0.05, 0.1) is 17.7 Å². The number of nitrogens with zero attached hydrogens (tertiary/aromatic N) is 1. The maximum atomic E-state index is 6.11. The van der Waals surface area contributed by atoms with Crippen molar-refractivity contribution in [2.75, 3.05) is 33.3 Å². The fourth-order valence-electron chi connectivity index (χ4n) is 2.17. The first-order valence-corrected chi connectivity index (χ1v) is 7.28. The minimum Gasteiger partial charge on any atom is -0.374 e. The van der Waals surface area contributed by atoms with Crippen molar-refractivity contribution < 1.29 is 4.74 Å². The predicted octanol–water partition coefficient (Wildman–Crippen LogP) is 2.52. The molecule has 1 unspecified atom stereocenters. The molecule has 0 aliphatic carbocycles. The predicted molar refractivity (Wildman–Crippen MR) is 78.1 cm³/mol. The van der Waals surface area contributed by atoms with Crippen LogP contribution in [0.25, 0.3) is 0 Å². The van der Waals surface area contributed by atoms with Gasteiger partial charge in [-0.2, -0.15) is 0 Å². The second kappa shape index (κ2) is 6.87. The van der Waals surface area contributed by atoms with Gasteiger partial charge < -0.3 is 10.1 Å². The Bertz CT molecular complexity index is 401. The van der Waals surface area contributed by atoms with Gasteiger partial charge in [-0.1, -0.05) is 17.7 Å². The Balaban J connectivity index is 1.93. The lowest BCUT2D eigenvalue weighted by molar-refractivity contribution is -0.0291. The van der Waals surface area contributed by atoms with Gasteiger partial charge in [-0.3, -0.25) is 4.90 Å². The van der Waals surface area contributed by atoms with Gasteiger partial charge in [-0.15, -0.1) is 0 Å². The van der Waals surface area contributed by atoms with E-state index in [1.54, 1.807) is 0 Å². The summed E-state index contributed by atoms with van der Waals surface area (Å²) in [5.74, 6) is 0. The highest BCUT2D eigenvalue weighted by atomic mass is 79.9. The highest BCUT2D eigenvalue weighted by Gasteiger charge is 2.19. The fraction of sp³-hybridized carbons (Fsp3) is 0.538. The minimum absolute atomic E-state index is 0.287. The van der Waals surface area contributed by atoms with Crippen LogP contribution in [0.1, 0.15) is 5.56 Å². The number of benzene rings is 1. The molecule has 2 rings (SSSR count). The van der Waals surface area contributed by atoms with Crippen molar-refractivity contribution in [1.29, 1.82) is 0 Å². The molecule has 100 valence electrons. The third kappa shape index (κ3) is 3.93. The number of hydrogen-bond donors (Lipinski definition) is 1. The summed E-state index contributed by atoms with van der Waals surface area (Å²) in [5, 5.41) is 3.93. The molecule has 1 atom stereocenters. The van der Waals surface area contributed by atoms with E-state index in [1.165, 1.54) is 5.56 Å². The van der Waals surface area contributed by atoms with Crippen LogP contribution in [0.5, 0.6) is 0 Å². The summed E-state index contributed by atoms with van der Waals surface area (Å²) in [6.07, 6.45) is 0.287. The van der Waals surface area contributed by atoms with E-state index in [9.17, 15) is 0 Å². The third-order valence-electron chi connectivity index (χ3n) is 3.04. The molecule has 1 aliphatic heterocycles. The van der Waals surface area contributed by atoms with E-state index >= 15 is 0 Å². The fourth-order valence-corrected chi connectivity index (χ4v) is 2.62. The molecule has 3 nitrogen and oxygen atoms in total. The van der Waals surface area contributed by atoms with Crippen molar-refractivity contribution in [3.8, 4) is 0 Å². The van der Waals surface area contributed by atoms with E-state index in [4.69, 9.17) is 16.3 Å². The molecular formula is C13H18BrClN2O. The van der Waals surface area contributed by atoms with Crippen molar-refractivity contribution >= 4 is 27.5 Å². The van der Waals surface area contributed by atoms with E-state index in [1.807, 2.05) is 19.2 Å². The van der Waals surface area contributed by atoms with Gasteiger partial charge >= 0.3 is 0 Å². The standard InChI is InChI=1S/C13H18BrClN2O/c1-16-7-11-9-17(4-5-18-11)8-10-2-3-12(14)13(15)6-10/h2-3,6,11,16H,4-5,7-9H2,1H3. The second-order valence-electron chi connectivity index (χ2n) is 4.53. The van der Waals surface area contributed by atoms with Gasteiger partial charge in [0.1, 0.15) is 0 Å². The summed E-state index contributed by atoms with van der Waals surface area (Å²) < 4.78 is 6.64. The first-order chi connectivity index (χ1) is 8.69. The van der Waals surface area contributed by atoms with Crippen molar-refractivity contribution in [3.05, 3.63) is 33.3 Å². The van der Waals surface area contributed by atoms with E-state index in [0.29, 0.717) is 0 Å². The molecule has 18 heavy (non-hydrogen) atoms. The molecule has 1 N–H and O–H groups in total. The van der Waals surface area contributed by atoms with Crippen molar-refractivity contribution in [1.82, 2.24) is 10.2 Å². The zero-order chi connectivity index (χ0) is 13.0. The van der Waals surface area contributed by atoms with Gasteiger partial charge in [0, 0.05) is 30.7 Å². The van der Waals surface area contributed by atoms with Gasteiger partial charge in [0.2, 0.25) is 0 Å². The van der Waals surface area contributed by atoms with Crippen LogP contribution in [0.15, 0.2) is 22.7 Å². The Hall–Kier alpha value is -0.130. The molecule has 5 heteroatoms. The average molecular weight is 334 g/mol. The Morgan fingerprint density at radius 3 is 3.11 bits per heavy atom. The summed E-state index contributed by atoms with van der Waals surface area (Å²) in [4.78, 5) is 2.41.